The van der Waals surface area contributed by atoms with E-state index in [1.165, 1.54) is 45.2 Å². The molecular formula is C16H32N+. The molecule has 0 bridgehead atoms. The van der Waals surface area contributed by atoms with E-state index in [4.69, 9.17) is 0 Å². The first-order valence-corrected chi connectivity index (χ1v) is 7.89. The van der Waals surface area contributed by atoms with E-state index in [-0.39, 0.29) is 0 Å². The molecule has 2 aliphatic rings. The van der Waals surface area contributed by atoms with Crippen LogP contribution < -0.4 is 4.90 Å². The smallest absolute Gasteiger partial charge is 0.0848 e. The Bertz CT molecular complexity index is 228. The van der Waals surface area contributed by atoms with Gasteiger partial charge < -0.3 is 4.90 Å². The van der Waals surface area contributed by atoms with Gasteiger partial charge in [-0.3, -0.25) is 0 Å². The highest BCUT2D eigenvalue weighted by Crippen LogP contribution is 2.32. The van der Waals surface area contributed by atoms with Gasteiger partial charge in [-0.15, -0.1) is 0 Å². The van der Waals surface area contributed by atoms with E-state index in [9.17, 15) is 0 Å². The zero-order valence-electron chi connectivity index (χ0n) is 12.3. The van der Waals surface area contributed by atoms with Crippen LogP contribution >= 0.6 is 0 Å². The largest absolute Gasteiger partial charge is 0.332 e. The molecule has 1 saturated heterocycles. The maximum absolute atomic E-state index is 2.47. The van der Waals surface area contributed by atoms with Gasteiger partial charge in [-0.2, -0.15) is 0 Å². The van der Waals surface area contributed by atoms with Gasteiger partial charge in [0.15, 0.2) is 0 Å². The Hall–Kier alpha value is -0.0400. The third kappa shape index (κ3) is 3.71. The van der Waals surface area contributed by atoms with Gasteiger partial charge in [0.05, 0.1) is 19.1 Å². The van der Waals surface area contributed by atoms with E-state index in [1.54, 1.807) is 0 Å². The van der Waals surface area contributed by atoms with E-state index < -0.39 is 0 Å². The Morgan fingerprint density at radius 2 is 1.47 bits per heavy atom. The number of piperidine rings is 1. The van der Waals surface area contributed by atoms with Gasteiger partial charge in [-0.1, -0.05) is 20.8 Å². The fraction of sp³-hybridized carbons (Fsp3) is 1.00. The molecule has 17 heavy (non-hydrogen) atoms. The number of quaternary nitrogens is 1. The number of hydrogen-bond donors (Lipinski definition) is 1. The molecule has 0 spiro atoms. The van der Waals surface area contributed by atoms with Crippen LogP contribution in [0.4, 0.5) is 0 Å². The van der Waals surface area contributed by atoms with Crippen molar-refractivity contribution in [2.45, 2.75) is 65.8 Å². The summed E-state index contributed by atoms with van der Waals surface area (Å²) in [4.78, 5) is 1.91. The third-order valence-electron chi connectivity index (χ3n) is 5.24. The maximum atomic E-state index is 2.47. The fourth-order valence-corrected chi connectivity index (χ4v) is 4.52. The van der Waals surface area contributed by atoms with Crippen molar-refractivity contribution in [3.05, 3.63) is 0 Å². The molecule has 5 atom stereocenters. The molecule has 0 aromatic rings. The van der Waals surface area contributed by atoms with Crippen LogP contribution in [0.3, 0.4) is 0 Å². The van der Waals surface area contributed by atoms with E-state index in [0.29, 0.717) is 0 Å². The van der Waals surface area contributed by atoms with Crippen LogP contribution in [0, 0.1) is 23.7 Å². The molecule has 5 unspecified atom stereocenters. The summed E-state index contributed by atoms with van der Waals surface area (Å²) in [6.07, 6.45) is 7.37. The van der Waals surface area contributed by atoms with Crippen LogP contribution in [-0.4, -0.2) is 19.1 Å². The molecule has 1 heteroatoms. The summed E-state index contributed by atoms with van der Waals surface area (Å²) in [5, 5.41) is 0. The molecular weight excluding hydrogens is 206 g/mol. The van der Waals surface area contributed by atoms with Crippen molar-refractivity contribution in [2.24, 2.45) is 23.7 Å². The summed E-state index contributed by atoms with van der Waals surface area (Å²) in [7, 11) is 0. The molecule has 1 aliphatic heterocycles. The average molecular weight is 238 g/mol. The molecule has 2 fully saturated rings. The summed E-state index contributed by atoms with van der Waals surface area (Å²) in [5.41, 5.74) is 0. The molecule has 2 rings (SSSR count). The lowest BCUT2D eigenvalue weighted by Gasteiger charge is -2.38. The first kappa shape index (κ1) is 13.4. The Labute approximate surface area is 108 Å². The van der Waals surface area contributed by atoms with Crippen molar-refractivity contribution in [2.75, 3.05) is 13.1 Å². The minimum atomic E-state index is 0.909. The van der Waals surface area contributed by atoms with Crippen molar-refractivity contribution < 1.29 is 4.90 Å². The Morgan fingerprint density at radius 1 is 0.824 bits per heavy atom. The highest BCUT2D eigenvalue weighted by Gasteiger charge is 2.31. The van der Waals surface area contributed by atoms with Crippen molar-refractivity contribution in [1.82, 2.24) is 0 Å². The second kappa shape index (κ2) is 5.73. The predicted molar refractivity (Wildman–Crippen MR) is 74.2 cm³/mol. The second-order valence-electron chi connectivity index (χ2n) is 7.43. The van der Waals surface area contributed by atoms with Crippen molar-refractivity contribution in [3.63, 3.8) is 0 Å². The van der Waals surface area contributed by atoms with Gasteiger partial charge >= 0.3 is 0 Å². The summed E-state index contributed by atoms with van der Waals surface area (Å²) in [5.74, 6) is 3.93. The van der Waals surface area contributed by atoms with Gasteiger partial charge in [-0.25, -0.2) is 0 Å². The second-order valence-corrected chi connectivity index (χ2v) is 7.43. The zero-order valence-corrected chi connectivity index (χ0v) is 12.3. The SMILES string of the molecule is CC1CC(C)CC(C[NH+]2CCC(C)CC2C)C1. The Balaban J connectivity index is 1.83. The quantitative estimate of drug-likeness (QED) is 0.754. The average Bonchev–Trinajstić information content (AvgIpc) is 2.21. The molecule has 0 radical (unpaired) electrons. The van der Waals surface area contributed by atoms with Gasteiger partial charge in [-0.05, 0) is 50.4 Å². The third-order valence-corrected chi connectivity index (χ3v) is 5.24. The van der Waals surface area contributed by atoms with Crippen LogP contribution in [0.15, 0.2) is 0 Å². The lowest BCUT2D eigenvalue weighted by molar-refractivity contribution is -0.933. The maximum Gasteiger partial charge on any atom is 0.0848 e. The number of likely N-dealkylation sites (tertiary alicyclic amines) is 1. The van der Waals surface area contributed by atoms with Crippen molar-refractivity contribution >= 4 is 0 Å². The standard InChI is InChI=1S/C16H31N/c1-12-5-6-17(15(4)8-12)11-16-9-13(2)7-14(3)10-16/h12-16H,5-11H2,1-4H3/p+1. The topological polar surface area (TPSA) is 4.44 Å². The van der Waals surface area contributed by atoms with Crippen LogP contribution in [0.5, 0.6) is 0 Å². The molecule has 0 amide bonds. The van der Waals surface area contributed by atoms with E-state index in [0.717, 1.165) is 29.7 Å². The molecule has 1 aliphatic carbocycles. The first-order chi connectivity index (χ1) is 8.04. The van der Waals surface area contributed by atoms with Gasteiger partial charge in [0.2, 0.25) is 0 Å². The van der Waals surface area contributed by atoms with Crippen LogP contribution in [0.25, 0.3) is 0 Å². The molecule has 0 aromatic carbocycles. The highest BCUT2D eigenvalue weighted by molar-refractivity contribution is 4.75. The minimum absolute atomic E-state index is 0.909. The molecule has 1 nitrogen and oxygen atoms in total. The van der Waals surface area contributed by atoms with Crippen LogP contribution in [-0.2, 0) is 0 Å². The highest BCUT2D eigenvalue weighted by atomic mass is 15.2. The first-order valence-electron chi connectivity index (χ1n) is 7.89. The molecule has 1 heterocycles. The van der Waals surface area contributed by atoms with E-state index in [2.05, 4.69) is 27.7 Å². The van der Waals surface area contributed by atoms with Gasteiger partial charge in [0.25, 0.3) is 0 Å². The normalized spacial score (nSPS) is 48.0. The van der Waals surface area contributed by atoms with Crippen LogP contribution in [0.2, 0.25) is 0 Å². The molecule has 1 saturated carbocycles. The Morgan fingerprint density at radius 3 is 2.06 bits per heavy atom. The summed E-state index contributed by atoms with van der Waals surface area (Å²) >= 11 is 0. The lowest BCUT2D eigenvalue weighted by atomic mass is 9.76. The van der Waals surface area contributed by atoms with Crippen molar-refractivity contribution in [3.8, 4) is 0 Å². The predicted octanol–water partition coefficient (Wildman–Crippen LogP) is 2.76. The fourth-order valence-electron chi connectivity index (χ4n) is 4.52. The molecule has 0 aromatic heterocycles. The van der Waals surface area contributed by atoms with Crippen molar-refractivity contribution in [1.29, 1.82) is 0 Å². The van der Waals surface area contributed by atoms with Gasteiger partial charge in [0.1, 0.15) is 0 Å². The monoisotopic (exact) mass is 238 g/mol. The zero-order chi connectivity index (χ0) is 12.4. The molecule has 1 N–H and O–H groups in total. The summed E-state index contributed by atoms with van der Waals surface area (Å²) in [6, 6.07) is 0.909. The lowest BCUT2D eigenvalue weighted by Crippen LogP contribution is -3.17. The minimum Gasteiger partial charge on any atom is -0.332 e. The molecule has 100 valence electrons. The number of rotatable bonds is 2. The van der Waals surface area contributed by atoms with E-state index >= 15 is 0 Å². The van der Waals surface area contributed by atoms with Gasteiger partial charge in [0, 0.05) is 12.3 Å². The number of nitrogens with one attached hydrogen (secondary N) is 1. The van der Waals surface area contributed by atoms with Crippen LogP contribution in [0.1, 0.15) is 59.8 Å². The number of hydrogen-bond acceptors (Lipinski definition) is 0. The summed E-state index contributed by atoms with van der Waals surface area (Å²) < 4.78 is 0. The Kier molecular flexibility index (Phi) is 4.52. The van der Waals surface area contributed by atoms with E-state index in [1.807, 2.05) is 4.90 Å². The summed E-state index contributed by atoms with van der Waals surface area (Å²) in [6.45, 7) is 12.7.